The highest BCUT2D eigenvalue weighted by atomic mass is 16.5. The van der Waals surface area contributed by atoms with E-state index in [1.807, 2.05) is 13.0 Å². The molecule has 4 rings (SSSR count). The van der Waals surface area contributed by atoms with E-state index in [2.05, 4.69) is 25.5 Å². The molecular weight excluding hydrogens is 440 g/mol. The molecule has 11 nitrogen and oxygen atoms in total. The predicted molar refractivity (Wildman–Crippen MR) is 126 cm³/mol. The molecule has 0 unspecified atom stereocenters. The summed E-state index contributed by atoms with van der Waals surface area (Å²) in [6.07, 6.45) is 3.16. The molecule has 1 atom stereocenters. The molecule has 34 heavy (non-hydrogen) atoms. The summed E-state index contributed by atoms with van der Waals surface area (Å²) in [5.74, 6) is 0.846. The molecule has 2 aromatic heterocycles. The Labute approximate surface area is 197 Å². The van der Waals surface area contributed by atoms with Gasteiger partial charge in [-0.25, -0.2) is 14.8 Å². The van der Waals surface area contributed by atoms with Crippen molar-refractivity contribution in [1.82, 2.24) is 15.3 Å². The summed E-state index contributed by atoms with van der Waals surface area (Å²) < 4.78 is 5.43. The number of hydrogen-bond acceptors (Lipinski definition) is 8. The zero-order valence-electron chi connectivity index (χ0n) is 19.1. The van der Waals surface area contributed by atoms with Crippen molar-refractivity contribution in [2.45, 2.75) is 38.3 Å². The van der Waals surface area contributed by atoms with Crippen LogP contribution in [0.2, 0.25) is 0 Å². The van der Waals surface area contributed by atoms with E-state index >= 15 is 0 Å². The van der Waals surface area contributed by atoms with E-state index in [1.54, 1.807) is 12.1 Å². The lowest BCUT2D eigenvalue weighted by atomic mass is 10.2. The lowest BCUT2D eigenvalue weighted by molar-refractivity contribution is 0.0536. The number of pyridine rings is 2. The third-order valence-electron chi connectivity index (χ3n) is 5.65. The third-order valence-corrected chi connectivity index (χ3v) is 5.65. The van der Waals surface area contributed by atoms with Crippen LogP contribution in [0.3, 0.4) is 0 Å². The Kier molecular flexibility index (Phi) is 7.43. The average molecular weight is 471 g/mol. The maximum absolute atomic E-state index is 13.3. The predicted octanol–water partition coefficient (Wildman–Crippen LogP) is 1.37. The van der Waals surface area contributed by atoms with Gasteiger partial charge >= 0.3 is 6.03 Å². The normalized spacial score (nSPS) is 16.3. The van der Waals surface area contributed by atoms with Gasteiger partial charge in [-0.2, -0.15) is 0 Å². The topological polar surface area (TPSA) is 140 Å². The van der Waals surface area contributed by atoms with Crippen molar-refractivity contribution in [1.29, 1.82) is 0 Å². The number of rotatable bonds is 8. The van der Waals surface area contributed by atoms with Crippen LogP contribution in [0, 0.1) is 0 Å². The fraction of sp³-hybridized carbons (Fsp3) is 0.478. The number of fused-ring (bicyclic) bond motifs is 1. The van der Waals surface area contributed by atoms with Gasteiger partial charge in [-0.3, -0.25) is 15.0 Å². The van der Waals surface area contributed by atoms with Crippen LogP contribution in [0.4, 0.5) is 22.1 Å². The van der Waals surface area contributed by atoms with Crippen LogP contribution in [0.5, 0.6) is 5.75 Å². The average Bonchev–Trinajstić information content (AvgIpc) is 3.68. The Morgan fingerprint density at radius 1 is 1.26 bits per heavy atom. The quantitative estimate of drug-likeness (QED) is 0.454. The van der Waals surface area contributed by atoms with Gasteiger partial charge in [0.25, 0.3) is 5.91 Å². The number of ether oxygens (including phenoxy) is 1. The second-order valence-corrected chi connectivity index (χ2v) is 8.33. The van der Waals surface area contributed by atoms with Crippen LogP contribution >= 0.6 is 0 Å². The molecule has 1 fully saturated rings. The zero-order valence-corrected chi connectivity index (χ0v) is 19.1. The molecule has 0 saturated heterocycles. The lowest BCUT2D eigenvalue weighted by Gasteiger charge is -2.25. The summed E-state index contributed by atoms with van der Waals surface area (Å²) in [4.78, 5) is 38.3. The Hall–Kier alpha value is -3.44. The fourth-order valence-electron chi connectivity index (χ4n) is 3.66. The molecular formula is C23H30N6O5. The number of aliphatic hydroxyl groups excluding tert-OH is 2. The first-order valence-corrected chi connectivity index (χ1v) is 11.5. The Morgan fingerprint density at radius 3 is 2.82 bits per heavy atom. The number of nitrogens with one attached hydrogen (secondary N) is 2. The SMILES string of the molecule is CCN1CCCN(C(=O)Nc2cc(OC[C@H](O)CO)ccn2)c2nc(C(=O)NC3CC3)ccc21. The molecule has 0 spiro atoms. The minimum absolute atomic E-state index is 0.0874. The van der Waals surface area contributed by atoms with Crippen LogP contribution < -0.4 is 25.2 Å². The molecule has 3 heterocycles. The van der Waals surface area contributed by atoms with Crippen LogP contribution in [0.25, 0.3) is 0 Å². The van der Waals surface area contributed by atoms with Crippen molar-refractivity contribution in [2.75, 3.05) is 48.0 Å². The minimum atomic E-state index is -1.00. The van der Waals surface area contributed by atoms with Crippen molar-refractivity contribution < 1.29 is 24.5 Å². The highest BCUT2D eigenvalue weighted by molar-refractivity contribution is 6.03. The first-order valence-electron chi connectivity index (χ1n) is 11.5. The van der Waals surface area contributed by atoms with E-state index in [9.17, 15) is 14.7 Å². The van der Waals surface area contributed by atoms with Crippen LogP contribution in [-0.4, -0.2) is 77.1 Å². The number of nitrogens with zero attached hydrogens (tertiary/aromatic N) is 4. The number of urea groups is 1. The Balaban J connectivity index is 1.55. The fourth-order valence-corrected chi connectivity index (χ4v) is 3.66. The van der Waals surface area contributed by atoms with E-state index in [0.717, 1.165) is 38.0 Å². The summed E-state index contributed by atoms with van der Waals surface area (Å²) in [5, 5.41) is 24.1. The van der Waals surface area contributed by atoms with Crippen molar-refractivity contribution in [2.24, 2.45) is 0 Å². The first-order chi connectivity index (χ1) is 16.5. The number of carbonyl (C=O) groups is 2. The van der Waals surface area contributed by atoms with E-state index in [1.165, 1.54) is 17.2 Å². The molecule has 182 valence electrons. The van der Waals surface area contributed by atoms with Crippen molar-refractivity contribution in [3.63, 3.8) is 0 Å². The molecule has 11 heteroatoms. The van der Waals surface area contributed by atoms with Gasteiger partial charge in [0.05, 0.1) is 12.3 Å². The van der Waals surface area contributed by atoms with Crippen LogP contribution in [-0.2, 0) is 0 Å². The molecule has 0 aromatic carbocycles. The van der Waals surface area contributed by atoms with Gasteiger partial charge in [0.1, 0.15) is 30.0 Å². The summed E-state index contributed by atoms with van der Waals surface area (Å²) >= 11 is 0. The molecule has 2 aromatic rings. The van der Waals surface area contributed by atoms with Gasteiger partial charge in [0, 0.05) is 37.9 Å². The second kappa shape index (κ2) is 10.7. The van der Waals surface area contributed by atoms with Crippen molar-refractivity contribution >= 4 is 29.3 Å². The number of carbonyl (C=O) groups excluding carboxylic acids is 2. The van der Waals surface area contributed by atoms with Gasteiger partial charge in [-0.1, -0.05) is 0 Å². The lowest BCUT2D eigenvalue weighted by Crippen LogP contribution is -2.37. The number of hydrogen-bond donors (Lipinski definition) is 4. The number of amides is 3. The van der Waals surface area contributed by atoms with Gasteiger partial charge < -0.3 is 25.2 Å². The van der Waals surface area contributed by atoms with Gasteiger partial charge in [0.2, 0.25) is 0 Å². The Bertz CT molecular complexity index is 1030. The number of anilines is 3. The van der Waals surface area contributed by atoms with Gasteiger partial charge in [-0.05, 0) is 44.4 Å². The molecule has 0 radical (unpaired) electrons. The van der Waals surface area contributed by atoms with E-state index in [-0.39, 0.29) is 30.1 Å². The first kappa shape index (κ1) is 23.7. The highest BCUT2D eigenvalue weighted by Gasteiger charge is 2.29. The Morgan fingerprint density at radius 2 is 2.09 bits per heavy atom. The molecule has 3 amide bonds. The zero-order chi connectivity index (χ0) is 24.1. The summed E-state index contributed by atoms with van der Waals surface area (Å²) in [7, 11) is 0. The summed E-state index contributed by atoms with van der Waals surface area (Å²) in [5.41, 5.74) is 1.07. The van der Waals surface area contributed by atoms with Crippen molar-refractivity contribution in [3.05, 3.63) is 36.2 Å². The molecule has 4 N–H and O–H groups in total. The summed E-state index contributed by atoms with van der Waals surface area (Å²) in [6.45, 7) is 3.47. The third kappa shape index (κ3) is 5.72. The van der Waals surface area contributed by atoms with Crippen LogP contribution in [0.15, 0.2) is 30.5 Å². The van der Waals surface area contributed by atoms with Gasteiger partial charge in [-0.15, -0.1) is 0 Å². The van der Waals surface area contributed by atoms with E-state index < -0.39 is 18.7 Å². The minimum Gasteiger partial charge on any atom is -0.491 e. The monoisotopic (exact) mass is 470 g/mol. The van der Waals surface area contributed by atoms with E-state index in [4.69, 9.17) is 9.84 Å². The maximum Gasteiger partial charge on any atom is 0.328 e. The van der Waals surface area contributed by atoms with E-state index in [0.29, 0.717) is 18.1 Å². The standard InChI is InChI=1S/C23H30N6O5/c1-2-28-10-3-11-29(21-19(28)7-6-18(26-21)22(32)25-15-4-5-15)23(33)27-20-12-17(8-9-24-20)34-14-16(31)13-30/h6-9,12,15-16,30-31H,2-5,10-11,13-14H2,1H3,(H,25,32)(H,24,27,33)/t16-/m1/s1. The molecule has 0 bridgehead atoms. The van der Waals surface area contributed by atoms with Crippen LogP contribution in [0.1, 0.15) is 36.7 Å². The molecule has 1 aliphatic heterocycles. The second-order valence-electron chi connectivity index (χ2n) is 8.33. The molecule has 1 aliphatic carbocycles. The molecule has 2 aliphatic rings. The van der Waals surface area contributed by atoms with Crippen molar-refractivity contribution in [3.8, 4) is 5.75 Å². The molecule has 1 saturated carbocycles. The van der Waals surface area contributed by atoms with Gasteiger partial charge in [0.15, 0.2) is 5.82 Å². The number of aliphatic hydroxyl groups is 2. The smallest absolute Gasteiger partial charge is 0.328 e. The largest absolute Gasteiger partial charge is 0.491 e. The summed E-state index contributed by atoms with van der Waals surface area (Å²) in [6, 6.07) is 6.45. The maximum atomic E-state index is 13.3. The number of aromatic nitrogens is 2. The highest BCUT2D eigenvalue weighted by Crippen LogP contribution is 2.31.